The Labute approximate surface area is 98.3 Å². The van der Waals surface area contributed by atoms with Crippen LogP contribution in [-0.4, -0.2) is 56.5 Å². The molecule has 2 aliphatic rings. The van der Waals surface area contributed by atoms with E-state index in [1.165, 1.54) is 25.9 Å². The average Bonchev–Trinajstić information content (AvgIpc) is 2.83. The molecular weight excluding hydrogens is 224 g/mol. The van der Waals surface area contributed by atoms with E-state index in [4.69, 9.17) is 0 Å². The van der Waals surface area contributed by atoms with Crippen LogP contribution in [0, 0.1) is 0 Å². The van der Waals surface area contributed by atoms with E-state index < -0.39 is 9.84 Å². The minimum atomic E-state index is -2.74. The number of rotatable bonds is 4. The summed E-state index contributed by atoms with van der Waals surface area (Å²) in [6, 6.07) is 0.723. The zero-order valence-electron chi connectivity index (χ0n) is 9.98. The molecule has 0 aromatic rings. The quantitative estimate of drug-likeness (QED) is 0.772. The molecule has 16 heavy (non-hydrogen) atoms. The van der Waals surface area contributed by atoms with Crippen molar-refractivity contribution in [3.05, 3.63) is 0 Å². The van der Waals surface area contributed by atoms with E-state index in [2.05, 4.69) is 17.1 Å². The number of nitrogens with zero attached hydrogens (tertiary/aromatic N) is 1. The summed E-state index contributed by atoms with van der Waals surface area (Å²) < 4.78 is 22.6. The zero-order valence-corrected chi connectivity index (χ0v) is 10.8. The van der Waals surface area contributed by atoms with E-state index in [1.54, 1.807) is 0 Å². The molecule has 2 fully saturated rings. The topological polar surface area (TPSA) is 49.4 Å². The van der Waals surface area contributed by atoms with Gasteiger partial charge in [-0.1, -0.05) is 0 Å². The van der Waals surface area contributed by atoms with Gasteiger partial charge in [0.25, 0.3) is 0 Å². The van der Waals surface area contributed by atoms with Crippen LogP contribution in [-0.2, 0) is 9.84 Å². The van der Waals surface area contributed by atoms with E-state index >= 15 is 0 Å². The fourth-order valence-corrected chi connectivity index (χ4v) is 4.31. The molecule has 2 unspecified atom stereocenters. The minimum Gasteiger partial charge on any atom is -0.311 e. The van der Waals surface area contributed by atoms with Crippen LogP contribution in [0.15, 0.2) is 0 Å². The van der Waals surface area contributed by atoms with Crippen LogP contribution in [0.2, 0.25) is 0 Å². The van der Waals surface area contributed by atoms with Crippen LogP contribution < -0.4 is 5.32 Å². The van der Waals surface area contributed by atoms with Gasteiger partial charge >= 0.3 is 0 Å². The molecule has 0 aliphatic carbocycles. The van der Waals surface area contributed by atoms with Gasteiger partial charge in [0.05, 0.1) is 11.5 Å². The van der Waals surface area contributed by atoms with Crippen molar-refractivity contribution >= 4 is 9.84 Å². The third-order valence-electron chi connectivity index (χ3n) is 3.70. The van der Waals surface area contributed by atoms with Gasteiger partial charge < -0.3 is 5.32 Å². The molecule has 1 N–H and O–H groups in total. The minimum absolute atomic E-state index is 0.190. The second-order valence-corrected chi connectivity index (χ2v) is 7.33. The first-order valence-electron chi connectivity index (χ1n) is 6.25. The Morgan fingerprint density at radius 3 is 2.62 bits per heavy atom. The highest BCUT2D eigenvalue weighted by Crippen LogP contribution is 2.13. The van der Waals surface area contributed by atoms with Crippen LogP contribution >= 0.6 is 0 Å². The van der Waals surface area contributed by atoms with Gasteiger partial charge in [-0.3, -0.25) is 4.90 Å². The highest BCUT2D eigenvalue weighted by atomic mass is 32.2. The standard InChI is InChI=1S/C11H22N2O2S/c1-10(13-5-2-3-6-13)8-12-11-4-7-16(14,15)9-11/h10-12H,2-9H2,1H3. The van der Waals surface area contributed by atoms with Crippen molar-refractivity contribution < 1.29 is 8.42 Å². The Morgan fingerprint density at radius 1 is 1.38 bits per heavy atom. The second kappa shape index (κ2) is 5.02. The molecule has 0 spiro atoms. The molecule has 0 radical (unpaired) electrons. The maximum atomic E-state index is 11.3. The Balaban J connectivity index is 1.71. The molecule has 2 saturated heterocycles. The van der Waals surface area contributed by atoms with Gasteiger partial charge in [0, 0.05) is 18.6 Å². The molecule has 0 bridgehead atoms. The Bertz CT molecular complexity index is 323. The number of nitrogens with one attached hydrogen (secondary N) is 1. The summed E-state index contributed by atoms with van der Waals surface area (Å²) in [7, 11) is -2.74. The smallest absolute Gasteiger partial charge is 0.151 e. The van der Waals surface area contributed by atoms with Gasteiger partial charge in [0.2, 0.25) is 0 Å². The normalized spacial score (nSPS) is 31.9. The molecule has 2 aliphatic heterocycles. The van der Waals surface area contributed by atoms with E-state index in [0.29, 0.717) is 17.5 Å². The Hall–Kier alpha value is -0.130. The van der Waals surface area contributed by atoms with Gasteiger partial charge in [-0.25, -0.2) is 8.42 Å². The maximum absolute atomic E-state index is 11.3. The van der Waals surface area contributed by atoms with Crippen LogP contribution in [0.1, 0.15) is 26.2 Å². The van der Waals surface area contributed by atoms with Gasteiger partial charge in [-0.15, -0.1) is 0 Å². The summed E-state index contributed by atoms with van der Waals surface area (Å²) in [5, 5.41) is 3.39. The summed E-state index contributed by atoms with van der Waals surface area (Å²) in [5.41, 5.74) is 0. The van der Waals surface area contributed by atoms with Gasteiger partial charge in [-0.2, -0.15) is 0 Å². The summed E-state index contributed by atoms with van der Waals surface area (Å²) >= 11 is 0. The molecule has 94 valence electrons. The van der Waals surface area contributed by atoms with E-state index in [0.717, 1.165) is 13.0 Å². The fraction of sp³-hybridized carbons (Fsp3) is 1.00. The van der Waals surface area contributed by atoms with E-state index in [1.807, 2.05) is 0 Å². The van der Waals surface area contributed by atoms with Crippen LogP contribution in [0.25, 0.3) is 0 Å². The summed E-state index contributed by atoms with van der Waals surface area (Å²) in [5.74, 6) is 0.697. The Morgan fingerprint density at radius 2 is 2.06 bits per heavy atom. The van der Waals surface area contributed by atoms with Crippen LogP contribution in [0.3, 0.4) is 0 Å². The predicted molar refractivity (Wildman–Crippen MR) is 65.3 cm³/mol. The third-order valence-corrected chi connectivity index (χ3v) is 5.47. The first-order chi connectivity index (χ1) is 7.57. The van der Waals surface area contributed by atoms with Crippen molar-refractivity contribution in [1.82, 2.24) is 10.2 Å². The summed E-state index contributed by atoms with van der Waals surface area (Å²) in [4.78, 5) is 2.48. The van der Waals surface area contributed by atoms with Gasteiger partial charge in [0.15, 0.2) is 9.84 Å². The van der Waals surface area contributed by atoms with Crippen LogP contribution in [0.5, 0.6) is 0 Å². The molecule has 0 saturated carbocycles. The number of hydrogen-bond acceptors (Lipinski definition) is 4. The number of sulfone groups is 1. The lowest BCUT2D eigenvalue weighted by molar-refractivity contribution is 0.247. The van der Waals surface area contributed by atoms with E-state index in [-0.39, 0.29) is 6.04 Å². The largest absolute Gasteiger partial charge is 0.311 e. The van der Waals surface area contributed by atoms with Crippen molar-refractivity contribution in [2.75, 3.05) is 31.1 Å². The fourth-order valence-electron chi connectivity index (χ4n) is 2.60. The second-order valence-electron chi connectivity index (χ2n) is 5.10. The predicted octanol–water partition coefficient (Wildman–Crippen LogP) is 0.247. The average molecular weight is 246 g/mol. The Kier molecular flexibility index (Phi) is 3.87. The van der Waals surface area contributed by atoms with Gasteiger partial charge in [-0.05, 0) is 39.3 Å². The molecule has 2 atom stereocenters. The number of hydrogen-bond donors (Lipinski definition) is 1. The molecule has 4 nitrogen and oxygen atoms in total. The number of likely N-dealkylation sites (tertiary alicyclic amines) is 1. The first-order valence-corrected chi connectivity index (χ1v) is 8.07. The van der Waals surface area contributed by atoms with Crippen molar-refractivity contribution in [3.63, 3.8) is 0 Å². The molecular formula is C11H22N2O2S. The van der Waals surface area contributed by atoms with Crippen molar-refractivity contribution in [3.8, 4) is 0 Å². The van der Waals surface area contributed by atoms with Crippen molar-refractivity contribution in [1.29, 1.82) is 0 Å². The monoisotopic (exact) mass is 246 g/mol. The lowest BCUT2D eigenvalue weighted by atomic mass is 10.2. The molecule has 5 heteroatoms. The molecule has 0 aromatic carbocycles. The summed E-state index contributed by atoms with van der Waals surface area (Å²) in [6.07, 6.45) is 3.40. The zero-order chi connectivity index (χ0) is 11.6. The highest BCUT2D eigenvalue weighted by molar-refractivity contribution is 7.91. The van der Waals surface area contributed by atoms with Gasteiger partial charge in [0.1, 0.15) is 0 Å². The lowest BCUT2D eigenvalue weighted by Crippen LogP contribution is -2.42. The van der Waals surface area contributed by atoms with Crippen molar-refractivity contribution in [2.24, 2.45) is 0 Å². The molecule has 0 aromatic heterocycles. The molecule has 0 amide bonds. The van der Waals surface area contributed by atoms with E-state index in [9.17, 15) is 8.42 Å². The SMILES string of the molecule is CC(CNC1CCS(=O)(=O)C1)N1CCCC1. The van der Waals surface area contributed by atoms with Crippen molar-refractivity contribution in [2.45, 2.75) is 38.3 Å². The first kappa shape index (κ1) is 12.3. The third kappa shape index (κ3) is 3.18. The molecule has 2 heterocycles. The maximum Gasteiger partial charge on any atom is 0.151 e. The van der Waals surface area contributed by atoms with Crippen LogP contribution in [0.4, 0.5) is 0 Å². The highest BCUT2D eigenvalue weighted by Gasteiger charge is 2.28. The molecule has 2 rings (SSSR count). The summed E-state index contributed by atoms with van der Waals surface area (Å²) in [6.45, 7) is 5.54. The lowest BCUT2D eigenvalue weighted by Gasteiger charge is -2.25.